The summed E-state index contributed by atoms with van der Waals surface area (Å²) in [5.41, 5.74) is 1.01. The summed E-state index contributed by atoms with van der Waals surface area (Å²) in [6.45, 7) is 2.96. The van der Waals surface area contributed by atoms with Gasteiger partial charge in [-0.2, -0.15) is 0 Å². The summed E-state index contributed by atoms with van der Waals surface area (Å²) in [6, 6.07) is 10.5. The van der Waals surface area contributed by atoms with Gasteiger partial charge in [0.25, 0.3) is 0 Å². The molecule has 2 fully saturated rings. The zero-order valence-electron chi connectivity index (χ0n) is 11.8. The molecular weight excluding hydrogens is 234 g/mol. The Morgan fingerprint density at radius 1 is 1.21 bits per heavy atom. The molecule has 0 radical (unpaired) electrons. The third kappa shape index (κ3) is 2.85. The fourth-order valence-corrected chi connectivity index (χ4v) is 4.15. The van der Waals surface area contributed by atoms with Crippen LogP contribution in [0.2, 0.25) is 0 Å². The number of hydrogen-bond acceptors (Lipinski definition) is 2. The molecule has 5 atom stereocenters. The van der Waals surface area contributed by atoms with Gasteiger partial charge in [0.1, 0.15) is 0 Å². The molecule has 2 aliphatic rings. The van der Waals surface area contributed by atoms with Crippen LogP contribution in [0.5, 0.6) is 0 Å². The molecule has 2 heteroatoms. The van der Waals surface area contributed by atoms with Crippen molar-refractivity contribution in [3.8, 4) is 0 Å². The molecule has 0 spiro atoms. The lowest BCUT2D eigenvalue weighted by Gasteiger charge is -2.29. The highest BCUT2D eigenvalue weighted by Crippen LogP contribution is 2.49. The predicted octanol–water partition coefficient (Wildman–Crippen LogP) is 3.13. The third-order valence-corrected chi connectivity index (χ3v) is 5.25. The molecule has 2 N–H and O–H groups in total. The Morgan fingerprint density at radius 3 is 2.63 bits per heavy atom. The van der Waals surface area contributed by atoms with Gasteiger partial charge >= 0.3 is 0 Å². The second-order valence-corrected chi connectivity index (χ2v) is 6.46. The Bertz CT molecular complexity index is 405. The van der Waals surface area contributed by atoms with E-state index in [0.29, 0.717) is 12.6 Å². The minimum Gasteiger partial charge on any atom is -0.387 e. The average Bonchev–Trinajstić information content (AvgIpc) is 3.08. The molecule has 104 valence electrons. The van der Waals surface area contributed by atoms with Crippen LogP contribution in [0, 0.1) is 17.8 Å². The zero-order chi connectivity index (χ0) is 13.2. The highest BCUT2D eigenvalue weighted by atomic mass is 16.3. The van der Waals surface area contributed by atoms with Crippen LogP contribution in [0.15, 0.2) is 30.3 Å². The molecule has 2 bridgehead atoms. The van der Waals surface area contributed by atoms with Gasteiger partial charge in [0.2, 0.25) is 0 Å². The molecule has 1 aromatic rings. The number of aliphatic hydroxyl groups excluding tert-OH is 1. The first-order valence-corrected chi connectivity index (χ1v) is 7.70. The van der Waals surface area contributed by atoms with Crippen molar-refractivity contribution in [2.45, 2.75) is 44.8 Å². The van der Waals surface area contributed by atoms with Gasteiger partial charge in [-0.05, 0) is 49.5 Å². The maximum Gasteiger partial charge on any atom is 0.0914 e. The van der Waals surface area contributed by atoms with E-state index in [1.165, 1.54) is 25.7 Å². The lowest BCUT2D eigenvalue weighted by atomic mass is 9.84. The molecule has 19 heavy (non-hydrogen) atoms. The minimum atomic E-state index is -0.387. The number of aliphatic hydroxyl groups is 1. The minimum absolute atomic E-state index is 0.387. The monoisotopic (exact) mass is 259 g/mol. The zero-order valence-corrected chi connectivity index (χ0v) is 11.8. The van der Waals surface area contributed by atoms with E-state index in [2.05, 4.69) is 12.2 Å². The maximum absolute atomic E-state index is 10.2. The second-order valence-electron chi connectivity index (χ2n) is 6.46. The van der Waals surface area contributed by atoms with E-state index < -0.39 is 0 Å². The van der Waals surface area contributed by atoms with Gasteiger partial charge < -0.3 is 10.4 Å². The van der Waals surface area contributed by atoms with Crippen LogP contribution in [0.3, 0.4) is 0 Å². The van der Waals surface area contributed by atoms with Crippen molar-refractivity contribution in [1.29, 1.82) is 0 Å². The molecule has 2 nitrogen and oxygen atoms in total. The summed E-state index contributed by atoms with van der Waals surface area (Å²) in [5.74, 6) is 2.78. The average molecular weight is 259 g/mol. The predicted molar refractivity (Wildman–Crippen MR) is 77.8 cm³/mol. The van der Waals surface area contributed by atoms with E-state index in [-0.39, 0.29) is 6.10 Å². The van der Waals surface area contributed by atoms with Gasteiger partial charge in [-0.15, -0.1) is 0 Å². The van der Waals surface area contributed by atoms with Crippen LogP contribution in [0.25, 0.3) is 0 Å². The Morgan fingerprint density at radius 2 is 2.00 bits per heavy atom. The highest BCUT2D eigenvalue weighted by Gasteiger charge is 2.41. The van der Waals surface area contributed by atoms with Gasteiger partial charge in [-0.3, -0.25) is 0 Å². The van der Waals surface area contributed by atoms with E-state index in [1.807, 2.05) is 30.3 Å². The largest absolute Gasteiger partial charge is 0.387 e. The van der Waals surface area contributed by atoms with E-state index in [9.17, 15) is 5.11 Å². The van der Waals surface area contributed by atoms with Gasteiger partial charge in [0.05, 0.1) is 6.10 Å². The van der Waals surface area contributed by atoms with Crippen LogP contribution in [0.4, 0.5) is 0 Å². The first-order chi connectivity index (χ1) is 9.24. The summed E-state index contributed by atoms with van der Waals surface area (Å²) in [5, 5.41) is 13.7. The number of nitrogens with one attached hydrogen (secondary N) is 1. The van der Waals surface area contributed by atoms with Gasteiger partial charge in [-0.25, -0.2) is 0 Å². The van der Waals surface area contributed by atoms with Crippen molar-refractivity contribution in [1.82, 2.24) is 5.32 Å². The van der Waals surface area contributed by atoms with Crippen molar-refractivity contribution >= 4 is 0 Å². The second kappa shape index (κ2) is 5.64. The topological polar surface area (TPSA) is 32.3 Å². The number of fused-ring (bicyclic) bond motifs is 2. The van der Waals surface area contributed by atoms with E-state index >= 15 is 0 Å². The fourth-order valence-electron chi connectivity index (χ4n) is 4.15. The van der Waals surface area contributed by atoms with Crippen molar-refractivity contribution in [3.05, 3.63) is 35.9 Å². The standard InChI is InChI=1S/C17H25NO/c1-12(16-10-13-7-8-15(16)9-13)18-11-17(19)14-5-3-2-4-6-14/h2-6,12-13,15-19H,7-11H2,1H3. The molecule has 2 saturated carbocycles. The van der Waals surface area contributed by atoms with Gasteiger partial charge in [0.15, 0.2) is 0 Å². The fraction of sp³-hybridized carbons (Fsp3) is 0.647. The van der Waals surface area contributed by atoms with Crippen LogP contribution in [0.1, 0.15) is 44.3 Å². The molecule has 0 heterocycles. The van der Waals surface area contributed by atoms with E-state index in [4.69, 9.17) is 0 Å². The first kappa shape index (κ1) is 13.1. The van der Waals surface area contributed by atoms with Crippen molar-refractivity contribution in [2.24, 2.45) is 17.8 Å². The summed E-state index contributed by atoms with van der Waals surface area (Å²) < 4.78 is 0. The summed E-state index contributed by atoms with van der Waals surface area (Å²) in [4.78, 5) is 0. The highest BCUT2D eigenvalue weighted by molar-refractivity contribution is 5.17. The molecule has 1 aromatic carbocycles. The Labute approximate surface area is 116 Å². The lowest BCUT2D eigenvalue weighted by Crippen LogP contribution is -2.38. The molecule has 5 unspecified atom stereocenters. The van der Waals surface area contributed by atoms with E-state index in [0.717, 1.165) is 23.3 Å². The van der Waals surface area contributed by atoms with Crippen molar-refractivity contribution in [2.75, 3.05) is 6.54 Å². The summed E-state index contributed by atoms with van der Waals surface area (Å²) in [6.07, 6.45) is 5.36. The Balaban J connectivity index is 1.49. The van der Waals surface area contributed by atoms with Gasteiger partial charge in [-0.1, -0.05) is 36.8 Å². The van der Waals surface area contributed by atoms with Crippen molar-refractivity contribution in [3.63, 3.8) is 0 Å². The number of rotatable bonds is 5. The molecule has 3 rings (SSSR count). The SMILES string of the molecule is CC(NCC(O)c1ccccc1)C1CC2CCC1C2. The van der Waals surface area contributed by atoms with Crippen molar-refractivity contribution < 1.29 is 5.11 Å². The summed E-state index contributed by atoms with van der Waals surface area (Å²) >= 11 is 0. The smallest absolute Gasteiger partial charge is 0.0914 e. The molecule has 0 aliphatic heterocycles. The third-order valence-electron chi connectivity index (χ3n) is 5.25. The lowest BCUT2D eigenvalue weighted by molar-refractivity contribution is 0.158. The first-order valence-electron chi connectivity index (χ1n) is 7.70. The summed E-state index contributed by atoms with van der Waals surface area (Å²) in [7, 11) is 0. The van der Waals surface area contributed by atoms with E-state index in [1.54, 1.807) is 0 Å². The van der Waals surface area contributed by atoms with Crippen LogP contribution in [-0.4, -0.2) is 17.7 Å². The molecule has 2 aliphatic carbocycles. The molecule has 0 amide bonds. The van der Waals surface area contributed by atoms with Crippen LogP contribution >= 0.6 is 0 Å². The Hall–Kier alpha value is -0.860. The normalized spacial score (nSPS) is 32.4. The van der Waals surface area contributed by atoms with Gasteiger partial charge in [0, 0.05) is 12.6 Å². The number of hydrogen-bond donors (Lipinski definition) is 2. The van der Waals surface area contributed by atoms with Crippen LogP contribution in [-0.2, 0) is 0 Å². The quantitative estimate of drug-likeness (QED) is 0.851. The maximum atomic E-state index is 10.2. The molecular formula is C17H25NO. The molecule has 0 aromatic heterocycles. The number of benzene rings is 1. The molecule has 0 saturated heterocycles. The van der Waals surface area contributed by atoms with Crippen LogP contribution < -0.4 is 5.32 Å². The Kier molecular flexibility index (Phi) is 3.90.